The number of hydrogen-bond donors (Lipinski definition) is 2. The van der Waals surface area contributed by atoms with E-state index in [1.807, 2.05) is 16.8 Å². The van der Waals surface area contributed by atoms with E-state index in [4.69, 9.17) is 4.52 Å². The first-order valence-electron chi connectivity index (χ1n) is 8.22. The summed E-state index contributed by atoms with van der Waals surface area (Å²) in [4.78, 5) is 12.1. The summed E-state index contributed by atoms with van der Waals surface area (Å²) in [5, 5.41) is 10.5. The summed E-state index contributed by atoms with van der Waals surface area (Å²) < 4.78 is 32.3. The van der Waals surface area contributed by atoms with Gasteiger partial charge in [0.1, 0.15) is 0 Å². The zero-order chi connectivity index (χ0) is 19.4. The predicted molar refractivity (Wildman–Crippen MR) is 104 cm³/mol. The van der Waals surface area contributed by atoms with Crippen molar-refractivity contribution in [2.24, 2.45) is 0 Å². The lowest BCUT2D eigenvalue weighted by Crippen LogP contribution is -2.14. The van der Waals surface area contributed by atoms with Gasteiger partial charge in [-0.05, 0) is 66.9 Å². The second-order valence-corrected chi connectivity index (χ2v) is 8.49. The fourth-order valence-electron chi connectivity index (χ4n) is 2.33. The first-order valence-corrected chi connectivity index (χ1v) is 10.6. The quantitative estimate of drug-likeness (QED) is 0.624. The Kier molecular flexibility index (Phi) is 5.62. The summed E-state index contributed by atoms with van der Waals surface area (Å²) >= 11 is 1.60. The fourth-order valence-corrected chi connectivity index (χ4v) is 4.07. The Morgan fingerprint density at radius 1 is 1.19 bits per heavy atom. The van der Waals surface area contributed by atoms with Crippen molar-refractivity contribution in [2.75, 3.05) is 10.0 Å². The van der Waals surface area contributed by atoms with Crippen LogP contribution in [0.3, 0.4) is 0 Å². The molecule has 0 atom stereocenters. The summed E-state index contributed by atoms with van der Waals surface area (Å²) in [6.07, 6.45) is 1.03. The van der Waals surface area contributed by atoms with Crippen LogP contribution in [0, 0.1) is 13.8 Å². The van der Waals surface area contributed by atoms with Crippen LogP contribution in [0.15, 0.2) is 50.5 Å². The van der Waals surface area contributed by atoms with Gasteiger partial charge in [0.2, 0.25) is 11.8 Å². The molecule has 0 fully saturated rings. The Labute approximate surface area is 161 Å². The maximum atomic E-state index is 12.4. The fraction of sp³-hybridized carbons (Fsp3) is 0.222. The molecule has 0 aliphatic heterocycles. The molecule has 0 aliphatic rings. The van der Waals surface area contributed by atoms with Gasteiger partial charge >= 0.3 is 0 Å². The molecular formula is C18H19N3O4S2. The Morgan fingerprint density at radius 3 is 2.52 bits per heavy atom. The van der Waals surface area contributed by atoms with Gasteiger partial charge < -0.3 is 9.84 Å². The van der Waals surface area contributed by atoms with Crippen LogP contribution in [0.1, 0.15) is 23.2 Å². The van der Waals surface area contributed by atoms with E-state index >= 15 is 0 Å². The molecule has 9 heteroatoms. The molecule has 1 amide bonds. The molecule has 0 saturated carbocycles. The van der Waals surface area contributed by atoms with Crippen molar-refractivity contribution in [1.29, 1.82) is 0 Å². The Hall–Kier alpha value is -2.65. The van der Waals surface area contributed by atoms with Crippen molar-refractivity contribution in [3.05, 3.63) is 57.9 Å². The monoisotopic (exact) mass is 405 g/mol. The first-order chi connectivity index (χ1) is 12.8. The van der Waals surface area contributed by atoms with Crippen LogP contribution < -0.4 is 10.0 Å². The maximum absolute atomic E-state index is 12.4. The van der Waals surface area contributed by atoms with Crippen molar-refractivity contribution in [1.82, 2.24) is 5.16 Å². The number of rotatable bonds is 7. The number of aryl methyl sites for hydroxylation is 2. The van der Waals surface area contributed by atoms with Gasteiger partial charge in [-0.15, -0.1) is 0 Å². The van der Waals surface area contributed by atoms with Gasteiger partial charge in [0.25, 0.3) is 10.0 Å². The van der Waals surface area contributed by atoms with E-state index in [2.05, 4.69) is 15.2 Å². The number of anilines is 2. The standard InChI is InChI=1S/C18H19N3O4S2/c1-12-13(2)20-25-18(12)21-27(23,24)16-6-4-15(5-7-16)19-17(22)8-3-14-9-10-26-11-14/h4-7,9-11,21H,3,8H2,1-2H3,(H,19,22). The van der Waals surface area contributed by atoms with E-state index in [0.717, 1.165) is 5.56 Å². The molecule has 2 heterocycles. The molecule has 0 spiro atoms. The number of benzene rings is 1. The van der Waals surface area contributed by atoms with Crippen LogP contribution in [0.25, 0.3) is 0 Å². The Balaban J connectivity index is 1.62. The number of hydrogen-bond acceptors (Lipinski definition) is 6. The summed E-state index contributed by atoms with van der Waals surface area (Å²) in [6.45, 7) is 3.45. The molecule has 27 heavy (non-hydrogen) atoms. The zero-order valence-corrected chi connectivity index (χ0v) is 16.5. The molecule has 0 unspecified atom stereocenters. The van der Waals surface area contributed by atoms with Crippen LogP contribution in [-0.2, 0) is 21.2 Å². The van der Waals surface area contributed by atoms with Gasteiger partial charge in [-0.25, -0.2) is 13.1 Å². The van der Waals surface area contributed by atoms with Crippen molar-refractivity contribution >= 4 is 38.8 Å². The minimum Gasteiger partial charge on any atom is -0.337 e. The van der Waals surface area contributed by atoms with E-state index in [1.165, 1.54) is 12.1 Å². The van der Waals surface area contributed by atoms with Crippen LogP contribution in [-0.4, -0.2) is 19.5 Å². The Morgan fingerprint density at radius 2 is 1.93 bits per heavy atom. The number of sulfonamides is 1. The van der Waals surface area contributed by atoms with Gasteiger partial charge in [-0.3, -0.25) is 4.79 Å². The molecule has 0 radical (unpaired) electrons. The topological polar surface area (TPSA) is 101 Å². The normalized spacial score (nSPS) is 11.3. The van der Waals surface area contributed by atoms with Crippen molar-refractivity contribution in [3.63, 3.8) is 0 Å². The van der Waals surface area contributed by atoms with E-state index in [9.17, 15) is 13.2 Å². The zero-order valence-electron chi connectivity index (χ0n) is 14.9. The average molecular weight is 406 g/mol. The lowest BCUT2D eigenvalue weighted by Gasteiger charge is -2.08. The second kappa shape index (κ2) is 7.93. The molecule has 142 valence electrons. The maximum Gasteiger partial charge on any atom is 0.264 e. The third-order valence-corrected chi connectivity index (χ3v) is 6.13. The predicted octanol–water partition coefficient (Wildman–Crippen LogP) is 3.73. The highest BCUT2D eigenvalue weighted by molar-refractivity contribution is 7.92. The molecule has 3 rings (SSSR count). The SMILES string of the molecule is Cc1noc(NS(=O)(=O)c2ccc(NC(=O)CCc3ccsc3)cc2)c1C. The molecular weight excluding hydrogens is 386 g/mol. The van der Waals surface area contributed by atoms with Gasteiger partial charge in [0.15, 0.2) is 0 Å². The van der Waals surface area contributed by atoms with Crippen molar-refractivity contribution < 1.29 is 17.7 Å². The van der Waals surface area contributed by atoms with Crippen molar-refractivity contribution in [2.45, 2.75) is 31.6 Å². The smallest absolute Gasteiger partial charge is 0.264 e. The molecule has 1 aromatic carbocycles. The second-order valence-electron chi connectivity index (χ2n) is 6.03. The minimum atomic E-state index is -3.80. The third kappa shape index (κ3) is 4.75. The summed E-state index contributed by atoms with van der Waals surface area (Å²) in [6, 6.07) is 7.94. The first kappa shape index (κ1) is 19.1. The van der Waals surface area contributed by atoms with Crippen LogP contribution in [0.4, 0.5) is 11.6 Å². The molecule has 0 aliphatic carbocycles. The summed E-state index contributed by atoms with van der Waals surface area (Å²) in [5.41, 5.74) is 2.91. The highest BCUT2D eigenvalue weighted by Gasteiger charge is 2.19. The minimum absolute atomic E-state index is 0.0622. The van der Waals surface area contributed by atoms with Crippen LogP contribution in [0.2, 0.25) is 0 Å². The highest BCUT2D eigenvalue weighted by Crippen LogP contribution is 2.22. The number of carbonyl (C=O) groups excluding carboxylic acids is 1. The molecule has 3 aromatic rings. The molecule has 2 N–H and O–H groups in total. The molecule has 2 aromatic heterocycles. The number of nitrogens with zero attached hydrogens (tertiary/aromatic N) is 1. The Bertz CT molecular complexity index is 1020. The number of thiophene rings is 1. The molecule has 0 saturated heterocycles. The van der Waals surface area contributed by atoms with Gasteiger partial charge in [0, 0.05) is 17.7 Å². The van der Waals surface area contributed by atoms with Gasteiger partial charge in [-0.1, -0.05) is 5.16 Å². The van der Waals surface area contributed by atoms with Crippen LogP contribution in [0.5, 0.6) is 0 Å². The molecule has 0 bridgehead atoms. The number of aromatic nitrogens is 1. The van der Waals surface area contributed by atoms with Gasteiger partial charge in [0.05, 0.1) is 10.6 Å². The van der Waals surface area contributed by atoms with E-state index in [-0.39, 0.29) is 16.7 Å². The lowest BCUT2D eigenvalue weighted by atomic mass is 10.2. The van der Waals surface area contributed by atoms with Gasteiger partial charge in [-0.2, -0.15) is 11.3 Å². The van der Waals surface area contributed by atoms with Crippen molar-refractivity contribution in [3.8, 4) is 0 Å². The summed E-state index contributed by atoms with van der Waals surface area (Å²) in [5.74, 6) is -0.0269. The summed E-state index contributed by atoms with van der Waals surface area (Å²) in [7, 11) is -3.80. The third-order valence-electron chi connectivity index (χ3n) is 4.05. The van der Waals surface area contributed by atoms with E-state index in [1.54, 1.807) is 37.3 Å². The average Bonchev–Trinajstić information content (AvgIpc) is 3.26. The van der Waals surface area contributed by atoms with Crippen LogP contribution >= 0.6 is 11.3 Å². The van der Waals surface area contributed by atoms with E-state index < -0.39 is 10.0 Å². The largest absolute Gasteiger partial charge is 0.337 e. The number of amides is 1. The highest BCUT2D eigenvalue weighted by atomic mass is 32.2. The number of carbonyl (C=O) groups is 1. The number of nitrogens with one attached hydrogen (secondary N) is 2. The van der Waals surface area contributed by atoms with E-state index in [0.29, 0.717) is 29.8 Å². The molecule has 7 nitrogen and oxygen atoms in total. The lowest BCUT2D eigenvalue weighted by molar-refractivity contribution is -0.116.